The summed E-state index contributed by atoms with van der Waals surface area (Å²) in [7, 11) is 1.57. The number of nitrogens with zero attached hydrogens (tertiary/aromatic N) is 2. The van der Waals surface area contributed by atoms with Crippen molar-refractivity contribution in [2.24, 2.45) is 5.92 Å². The Labute approximate surface area is 346 Å². The van der Waals surface area contributed by atoms with E-state index in [1.165, 1.54) is 9.80 Å². The van der Waals surface area contributed by atoms with Crippen LogP contribution >= 0.6 is 0 Å². The minimum absolute atomic E-state index is 0.00799. The number of piperidine rings is 1. The van der Waals surface area contributed by atoms with Gasteiger partial charge in [0.15, 0.2) is 0 Å². The molecule has 308 valence electrons. The lowest BCUT2D eigenvalue weighted by Gasteiger charge is -2.39. The molecule has 1 fully saturated rings. The van der Waals surface area contributed by atoms with Crippen LogP contribution in [0.4, 0.5) is 5.69 Å². The van der Waals surface area contributed by atoms with Gasteiger partial charge in [0.1, 0.15) is 30.2 Å². The Bertz CT molecular complexity index is 2100. The number of likely N-dealkylation sites (N-methyl/N-ethyl adjacent to an activating group) is 1. The molecule has 2 aliphatic rings. The summed E-state index contributed by atoms with van der Waals surface area (Å²) in [6, 6.07) is 29.0. The predicted octanol–water partition coefficient (Wildman–Crippen LogP) is 4.69. The maximum Gasteiger partial charge on any atom is 0.256 e. The fourth-order valence-corrected chi connectivity index (χ4v) is 7.85. The molecule has 6 rings (SSSR count). The van der Waals surface area contributed by atoms with Crippen LogP contribution in [0.1, 0.15) is 66.6 Å². The molecule has 6 amide bonds. The van der Waals surface area contributed by atoms with E-state index in [1.807, 2.05) is 105 Å². The Balaban J connectivity index is 1.45. The number of rotatable bonds is 8. The fraction of sp³-hybridized carbons (Fsp3) is 0.362. The fourth-order valence-electron chi connectivity index (χ4n) is 7.85. The van der Waals surface area contributed by atoms with Crippen LogP contribution in [0.3, 0.4) is 0 Å². The normalized spacial score (nSPS) is 22.5. The maximum absolute atomic E-state index is 14.5. The molecule has 0 radical (unpaired) electrons. The van der Waals surface area contributed by atoms with Crippen LogP contribution in [0.2, 0.25) is 0 Å². The van der Waals surface area contributed by atoms with E-state index >= 15 is 0 Å². The Morgan fingerprint density at radius 3 is 1.54 bits per heavy atom. The van der Waals surface area contributed by atoms with Crippen LogP contribution < -0.4 is 21.3 Å². The van der Waals surface area contributed by atoms with E-state index in [4.69, 9.17) is 0 Å². The molecule has 0 spiro atoms. The van der Waals surface area contributed by atoms with Crippen LogP contribution in [0.25, 0.3) is 0 Å². The van der Waals surface area contributed by atoms with Crippen LogP contribution in [-0.2, 0) is 43.2 Å². The first-order chi connectivity index (χ1) is 28.5. The van der Waals surface area contributed by atoms with Gasteiger partial charge in [-0.15, -0.1) is 0 Å². The zero-order chi connectivity index (χ0) is 41.9. The molecule has 0 aromatic heterocycles. The first-order valence-electron chi connectivity index (χ1n) is 20.5. The van der Waals surface area contributed by atoms with E-state index in [-0.39, 0.29) is 42.3 Å². The Morgan fingerprint density at radius 2 is 1.03 bits per heavy atom. The number of hydrogen-bond acceptors (Lipinski definition) is 6. The van der Waals surface area contributed by atoms with Gasteiger partial charge < -0.3 is 31.1 Å². The second kappa shape index (κ2) is 19.9. The van der Waals surface area contributed by atoms with Gasteiger partial charge in [-0.2, -0.15) is 0 Å². The van der Waals surface area contributed by atoms with Crippen molar-refractivity contribution in [2.45, 2.75) is 89.0 Å². The van der Waals surface area contributed by atoms with E-state index in [1.54, 1.807) is 31.3 Å². The summed E-state index contributed by atoms with van der Waals surface area (Å²) in [6.45, 7) is 4.21. The Kier molecular flexibility index (Phi) is 14.3. The molecular weight excluding hydrogens is 745 g/mol. The predicted molar refractivity (Wildman–Crippen MR) is 226 cm³/mol. The first kappa shape index (κ1) is 42.3. The van der Waals surface area contributed by atoms with Gasteiger partial charge in [-0.1, -0.05) is 117 Å². The molecular formula is C47H54N6O6. The van der Waals surface area contributed by atoms with Crippen LogP contribution in [0, 0.1) is 5.92 Å². The summed E-state index contributed by atoms with van der Waals surface area (Å²) in [5.41, 5.74) is 2.74. The van der Waals surface area contributed by atoms with Gasteiger partial charge in [-0.3, -0.25) is 28.8 Å². The summed E-state index contributed by atoms with van der Waals surface area (Å²) < 4.78 is 0. The zero-order valence-corrected chi connectivity index (χ0v) is 33.9. The lowest BCUT2D eigenvalue weighted by atomic mass is 9.96. The third-order valence-electron chi connectivity index (χ3n) is 11.0. The van der Waals surface area contributed by atoms with Crippen LogP contribution in [-0.4, -0.2) is 89.0 Å². The number of nitrogens with one attached hydrogen (secondary N) is 4. The van der Waals surface area contributed by atoms with Crippen molar-refractivity contribution in [3.8, 4) is 0 Å². The zero-order valence-electron chi connectivity index (χ0n) is 33.9. The number of carbonyl (C=O) groups excluding carboxylic acids is 6. The molecule has 4 aromatic rings. The minimum Gasteiger partial charge on any atom is -0.342 e. The third kappa shape index (κ3) is 11.0. The SMILES string of the molecule is CC(C)CC1C(=O)NC(Cc2ccccc2)C(=O)N[C@@H](Cc2ccccc2)C(=O)NC(Cc2ccccc2)C(=O)Nc2ccccc2C(=O)N2CCCC[C@H]2C(=O)N1C. The summed E-state index contributed by atoms with van der Waals surface area (Å²) >= 11 is 0. The first-order valence-corrected chi connectivity index (χ1v) is 20.5. The van der Waals surface area contributed by atoms with Gasteiger partial charge in [-0.05, 0) is 60.4 Å². The lowest BCUT2D eigenvalue weighted by molar-refractivity contribution is -0.144. The summed E-state index contributed by atoms with van der Waals surface area (Å²) in [5, 5.41) is 11.7. The second-order valence-corrected chi connectivity index (χ2v) is 15.9. The topological polar surface area (TPSA) is 157 Å². The minimum atomic E-state index is -1.16. The molecule has 5 atom stereocenters. The van der Waals surface area contributed by atoms with Crippen LogP contribution in [0.15, 0.2) is 115 Å². The van der Waals surface area contributed by atoms with Crippen LogP contribution in [0.5, 0.6) is 0 Å². The molecule has 3 unspecified atom stereocenters. The molecule has 4 N–H and O–H groups in total. The lowest BCUT2D eigenvalue weighted by Crippen LogP contribution is -2.60. The summed E-state index contributed by atoms with van der Waals surface area (Å²) in [4.78, 5) is 89.8. The summed E-state index contributed by atoms with van der Waals surface area (Å²) in [6.07, 6.45) is 2.38. The van der Waals surface area contributed by atoms with Crippen molar-refractivity contribution in [2.75, 3.05) is 18.9 Å². The van der Waals surface area contributed by atoms with Crippen molar-refractivity contribution in [1.29, 1.82) is 0 Å². The van der Waals surface area contributed by atoms with Gasteiger partial charge >= 0.3 is 0 Å². The number of fused-ring (bicyclic) bond motifs is 2. The number of amides is 6. The molecule has 2 aliphatic heterocycles. The van der Waals surface area contributed by atoms with Crippen molar-refractivity contribution in [3.63, 3.8) is 0 Å². The van der Waals surface area contributed by atoms with E-state index in [9.17, 15) is 28.8 Å². The molecule has 12 nitrogen and oxygen atoms in total. The van der Waals surface area contributed by atoms with E-state index in [0.717, 1.165) is 16.7 Å². The number of para-hydroxylation sites is 1. The average molecular weight is 799 g/mol. The molecule has 2 heterocycles. The average Bonchev–Trinajstić information content (AvgIpc) is 3.25. The highest BCUT2D eigenvalue weighted by Crippen LogP contribution is 2.26. The van der Waals surface area contributed by atoms with Gasteiger partial charge in [0, 0.05) is 32.9 Å². The number of carbonyl (C=O) groups is 6. The molecule has 12 heteroatoms. The molecule has 0 bridgehead atoms. The smallest absolute Gasteiger partial charge is 0.256 e. The second-order valence-electron chi connectivity index (χ2n) is 15.9. The van der Waals surface area contributed by atoms with Gasteiger partial charge in [0.25, 0.3) is 5.91 Å². The number of benzene rings is 4. The van der Waals surface area contributed by atoms with Crippen molar-refractivity contribution >= 4 is 41.1 Å². The summed E-state index contributed by atoms with van der Waals surface area (Å²) in [5.74, 6) is -3.12. The van der Waals surface area contributed by atoms with Gasteiger partial charge in [0.2, 0.25) is 29.5 Å². The van der Waals surface area contributed by atoms with E-state index in [0.29, 0.717) is 32.2 Å². The monoisotopic (exact) mass is 798 g/mol. The van der Waals surface area contributed by atoms with Gasteiger partial charge in [-0.25, -0.2) is 0 Å². The Hall–Kier alpha value is -6.30. The van der Waals surface area contributed by atoms with Gasteiger partial charge in [0.05, 0.1) is 11.3 Å². The highest BCUT2D eigenvalue weighted by molar-refractivity contribution is 6.07. The quantitative estimate of drug-likeness (QED) is 0.203. The van der Waals surface area contributed by atoms with Crippen molar-refractivity contribution in [3.05, 3.63) is 138 Å². The molecule has 0 aliphatic carbocycles. The molecule has 59 heavy (non-hydrogen) atoms. The number of anilines is 1. The van der Waals surface area contributed by atoms with Crippen molar-refractivity contribution in [1.82, 2.24) is 25.8 Å². The molecule has 0 saturated carbocycles. The van der Waals surface area contributed by atoms with E-state index in [2.05, 4.69) is 21.3 Å². The third-order valence-corrected chi connectivity index (χ3v) is 11.0. The number of hydrogen-bond donors (Lipinski definition) is 4. The largest absolute Gasteiger partial charge is 0.342 e. The van der Waals surface area contributed by atoms with E-state index < -0.39 is 59.7 Å². The van der Waals surface area contributed by atoms with Crippen molar-refractivity contribution < 1.29 is 28.8 Å². The molecule has 4 aromatic carbocycles. The highest BCUT2D eigenvalue weighted by atomic mass is 16.2. The standard InChI is InChI=1S/C47H54N6O6/c1-31(2)27-41-45(57)51-39(30-34-21-11-6-12-22-34)44(56)50-38(29-33-19-9-5-10-20-33)43(55)49-37(28-32-17-7-4-8-18-32)42(54)48-36-24-14-13-23-35(36)46(58)53-26-16-15-25-40(53)47(59)52(41)3/h4-14,17-24,31,37-41H,15-16,25-30H2,1-3H3,(H,48,54)(H,49,55)(H,50,56)(H,51,57)/t37?,38-,39?,40-,41?/m0/s1. The molecule has 1 saturated heterocycles. The highest BCUT2D eigenvalue weighted by Gasteiger charge is 2.40. The maximum atomic E-state index is 14.5. The Morgan fingerprint density at radius 1 is 0.576 bits per heavy atom.